The molecule has 0 bridgehead atoms. The summed E-state index contributed by atoms with van der Waals surface area (Å²) >= 11 is 1.84. The molecular weight excluding hydrogens is 302 g/mol. The molecule has 3 heterocycles. The van der Waals surface area contributed by atoms with Crippen molar-refractivity contribution in [3.05, 3.63) is 16.8 Å². The van der Waals surface area contributed by atoms with Gasteiger partial charge in [-0.3, -0.25) is 4.21 Å². The molecule has 0 N–H and O–H groups in total. The minimum atomic E-state index is -0.648. The first-order valence-electron chi connectivity index (χ1n) is 7.57. The fourth-order valence-corrected chi connectivity index (χ4v) is 5.75. The summed E-state index contributed by atoms with van der Waals surface area (Å²) in [6, 6.07) is 0. The molecule has 1 fully saturated rings. The first kappa shape index (κ1) is 13.6. The lowest BCUT2D eigenvalue weighted by Crippen LogP contribution is -2.38. The van der Waals surface area contributed by atoms with Crippen molar-refractivity contribution in [2.24, 2.45) is 5.92 Å². The topological polar surface area (TPSA) is 46.1 Å². The summed E-state index contributed by atoms with van der Waals surface area (Å²) in [6.07, 6.45) is 5.28. The van der Waals surface area contributed by atoms with E-state index in [9.17, 15) is 4.21 Å². The van der Waals surface area contributed by atoms with E-state index in [2.05, 4.69) is 21.8 Å². The minimum absolute atomic E-state index is 0.648. The average Bonchev–Trinajstić information content (AvgIpc) is 2.85. The summed E-state index contributed by atoms with van der Waals surface area (Å²) in [4.78, 5) is 14.0. The molecule has 1 aliphatic carbocycles. The van der Waals surface area contributed by atoms with Crippen LogP contribution in [0.2, 0.25) is 0 Å². The first-order valence-corrected chi connectivity index (χ1v) is 9.88. The van der Waals surface area contributed by atoms with Crippen LogP contribution in [0.5, 0.6) is 0 Å². The first-order chi connectivity index (χ1) is 10.2. The molecule has 0 aromatic carbocycles. The largest absolute Gasteiger partial charge is 0.354 e. The Morgan fingerprint density at radius 2 is 2.14 bits per heavy atom. The number of hydrogen-bond donors (Lipinski definition) is 0. The van der Waals surface area contributed by atoms with Crippen LogP contribution in [0.3, 0.4) is 0 Å². The predicted molar refractivity (Wildman–Crippen MR) is 88.7 cm³/mol. The molecule has 1 atom stereocenters. The minimum Gasteiger partial charge on any atom is -0.354 e. The molecule has 4 nitrogen and oxygen atoms in total. The van der Waals surface area contributed by atoms with Crippen LogP contribution in [0, 0.1) is 5.92 Å². The van der Waals surface area contributed by atoms with Crippen LogP contribution >= 0.6 is 11.3 Å². The maximum Gasteiger partial charge on any atom is 0.141 e. The lowest BCUT2D eigenvalue weighted by molar-refractivity contribution is 0.509. The van der Waals surface area contributed by atoms with Crippen molar-refractivity contribution in [1.29, 1.82) is 0 Å². The van der Waals surface area contributed by atoms with Gasteiger partial charge in [0.1, 0.15) is 17.0 Å². The van der Waals surface area contributed by atoms with Gasteiger partial charge in [0.15, 0.2) is 0 Å². The van der Waals surface area contributed by atoms with Crippen LogP contribution in [0.1, 0.15) is 23.8 Å². The van der Waals surface area contributed by atoms with Crippen molar-refractivity contribution in [2.45, 2.75) is 26.2 Å². The molecule has 0 radical (unpaired) electrons. The molecule has 4 rings (SSSR count). The number of thiophene rings is 1. The number of aryl methyl sites for hydroxylation is 1. The van der Waals surface area contributed by atoms with E-state index in [4.69, 9.17) is 0 Å². The standard InChI is InChI=1S/C15H19N3OS2/c1-10-2-3-11-12(8-10)20-15-13(11)14(16-9-17-15)18-4-6-21(19)7-5-18/h9-10H,2-8H2,1H3/t10-/m1/s1. The lowest BCUT2D eigenvalue weighted by atomic mass is 9.89. The van der Waals surface area contributed by atoms with Crippen molar-refractivity contribution >= 4 is 38.2 Å². The van der Waals surface area contributed by atoms with Crippen LogP contribution in [0.15, 0.2) is 6.33 Å². The third kappa shape index (κ3) is 2.38. The fraction of sp³-hybridized carbons (Fsp3) is 0.600. The van der Waals surface area contributed by atoms with Crippen molar-refractivity contribution < 1.29 is 4.21 Å². The molecule has 0 amide bonds. The second-order valence-electron chi connectivity index (χ2n) is 6.06. The fourth-order valence-electron chi connectivity index (χ4n) is 3.35. The molecule has 112 valence electrons. The zero-order valence-electron chi connectivity index (χ0n) is 12.2. The monoisotopic (exact) mass is 321 g/mol. The molecule has 1 aliphatic heterocycles. The Kier molecular flexibility index (Phi) is 3.46. The van der Waals surface area contributed by atoms with Gasteiger partial charge >= 0.3 is 0 Å². The van der Waals surface area contributed by atoms with E-state index in [1.807, 2.05) is 11.3 Å². The molecule has 1 saturated heterocycles. The maximum atomic E-state index is 11.6. The lowest BCUT2D eigenvalue weighted by Gasteiger charge is -2.28. The van der Waals surface area contributed by atoms with Gasteiger partial charge in [-0.1, -0.05) is 6.92 Å². The molecular formula is C15H19N3OS2. The molecule has 21 heavy (non-hydrogen) atoms. The third-order valence-corrected chi connectivity index (χ3v) is 6.99. The summed E-state index contributed by atoms with van der Waals surface area (Å²) < 4.78 is 11.6. The number of nitrogens with zero attached hydrogens (tertiary/aromatic N) is 3. The van der Waals surface area contributed by atoms with Crippen LogP contribution < -0.4 is 4.90 Å². The number of aromatic nitrogens is 2. The van der Waals surface area contributed by atoms with Crippen LogP contribution in [0.4, 0.5) is 5.82 Å². The Labute approximate surface area is 131 Å². The Hall–Kier alpha value is -1.01. The van der Waals surface area contributed by atoms with Crippen molar-refractivity contribution in [1.82, 2.24) is 9.97 Å². The summed E-state index contributed by atoms with van der Waals surface area (Å²) in [5.41, 5.74) is 1.48. The number of rotatable bonds is 1. The average molecular weight is 321 g/mol. The smallest absolute Gasteiger partial charge is 0.141 e. The molecule has 2 aromatic rings. The molecule has 6 heteroatoms. The number of hydrogen-bond acceptors (Lipinski definition) is 5. The number of anilines is 1. The van der Waals surface area contributed by atoms with E-state index in [0.29, 0.717) is 0 Å². The molecule has 2 aromatic heterocycles. The quantitative estimate of drug-likeness (QED) is 0.809. The molecule has 0 spiro atoms. The highest BCUT2D eigenvalue weighted by atomic mass is 32.2. The van der Waals surface area contributed by atoms with Gasteiger partial charge in [-0.05, 0) is 30.7 Å². The molecule has 0 unspecified atom stereocenters. The van der Waals surface area contributed by atoms with Gasteiger partial charge in [-0.15, -0.1) is 11.3 Å². The normalized spacial score (nSPS) is 23.5. The van der Waals surface area contributed by atoms with E-state index in [1.54, 1.807) is 6.33 Å². The third-order valence-electron chi connectivity index (χ3n) is 4.55. The number of fused-ring (bicyclic) bond motifs is 3. The van der Waals surface area contributed by atoms with Crippen LogP contribution in [-0.4, -0.2) is 38.8 Å². The summed E-state index contributed by atoms with van der Waals surface area (Å²) in [5, 5.41) is 1.28. The predicted octanol–water partition coefficient (Wildman–Crippen LogP) is 2.38. The molecule has 0 saturated carbocycles. The van der Waals surface area contributed by atoms with Crippen LogP contribution in [-0.2, 0) is 23.6 Å². The Balaban J connectivity index is 1.80. The van der Waals surface area contributed by atoms with Gasteiger partial charge in [-0.2, -0.15) is 0 Å². The zero-order chi connectivity index (χ0) is 14.4. The Bertz CT molecular complexity index is 702. The zero-order valence-corrected chi connectivity index (χ0v) is 13.8. The van der Waals surface area contributed by atoms with E-state index in [1.165, 1.54) is 28.7 Å². The SMILES string of the molecule is C[C@@H]1CCc2c(sc3ncnc(N4CCS(=O)CC4)c23)C1. The second kappa shape index (κ2) is 5.32. The van der Waals surface area contributed by atoms with Gasteiger partial charge in [0.05, 0.1) is 5.39 Å². The van der Waals surface area contributed by atoms with Gasteiger partial charge < -0.3 is 4.90 Å². The Morgan fingerprint density at radius 1 is 1.33 bits per heavy atom. The van der Waals surface area contributed by atoms with E-state index in [-0.39, 0.29) is 0 Å². The van der Waals surface area contributed by atoms with Gasteiger partial charge in [-0.25, -0.2) is 9.97 Å². The summed E-state index contributed by atoms with van der Waals surface area (Å²) in [5.74, 6) is 3.37. The van der Waals surface area contributed by atoms with Crippen molar-refractivity contribution in [3.8, 4) is 0 Å². The van der Waals surface area contributed by atoms with E-state index in [0.717, 1.165) is 47.6 Å². The summed E-state index contributed by atoms with van der Waals surface area (Å²) in [7, 11) is -0.648. The van der Waals surface area contributed by atoms with Gasteiger partial charge in [0, 0.05) is 40.3 Å². The maximum absolute atomic E-state index is 11.6. The Morgan fingerprint density at radius 3 is 2.95 bits per heavy atom. The van der Waals surface area contributed by atoms with Gasteiger partial charge in [0.25, 0.3) is 0 Å². The van der Waals surface area contributed by atoms with Crippen molar-refractivity contribution in [3.63, 3.8) is 0 Å². The van der Waals surface area contributed by atoms with Gasteiger partial charge in [0.2, 0.25) is 0 Å². The van der Waals surface area contributed by atoms with E-state index >= 15 is 0 Å². The highest BCUT2D eigenvalue weighted by Crippen LogP contribution is 2.40. The van der Waals surface area contributed by atoms with E-state index < -0.39 is 10.8 Å². The highest BCUT2D eigenvalue weighted by Gasteiger charge is 2.26. The summed E-state index contributed by atoms with van der Waals surface area (Å²) in [6.45, 7) is 4.03. The van der Waals surface area contributed by atoms with Crippen LogP contribution in [0.25, 0.3) is 10.2 Å². The van der Waals surface area contributed by atoms with Crippen molar-refractivity contribution in [2.75, 3.05) is 29.5 Å². The highest BCUT2D eigenvalue weighted by molar-refractivity contribution is 7.85. The molecule has 2 aliphatic rings. The second-order valence-corrected chi connectivity index (χ2v) is 8.84.